The first-order chi connectivity index (χ1) is 15.8. The van der Waals surface area contributed by atoms with Crippen molar-refractivity contribution >= 4 is 23.5 Å². The van der Waals surface area contributed by atoms with Crippen LogP contribution in [0.4, 0.5) is 21.0 Å². The van der Waals surface area contributed by atoms with Crippen LogP contribution in [0.5, 0.6) is 0 Å². The molecule has 1 aromatic heterocycles. The lowest BCUT2D eigenvalue weighted by molar-refractivity contribution is 0.0228. The summed E-state index contributed by atoms with van der Waals surface area (Å²) < 4.78 is 5.54. The van der Waals surface area contributed by atoms with Crippen molar-refractivity contribution in [1.29, 1.82) is 0 Å². The van der Waals surface area contributed by atoms with Gasteiger partial charge in [0, 0.05) is 32.4 Å². The SMILES string of the molecule is CC(C)(C)OC(=O)N1CCC[C@@H]1CNC(=O)N1CCN(Cc2ccccn2)c2ccccc21. The molecular formula is C25H33N5O3. The Bertz CT molecular complexity index is 976. The number of fused-ring (bicyclic) bond motifs is 1. The zero-order valence-electron chi connectivity index (χ0n) is 19.7. The van der Waals surface area contributed by atoms with Crippen LogP contribution in [0.15, 0.2) is 48.7 Å². The molecule has 3 amide bonds. The summed E-state index contributed by atoms with van der Waals surface area (Å²) in [6.45, 7) is 8.65. The van der Waals surface area contributed by atoms with Crippen molar-refractivity contribution in [2.24, 2.45) is 0 Å². The topological polar surface area (TPSA) is 78.0 Å². The summed E-state index contributed by atoms with van der Waals surface area (Å²) in [6.07, 6.45) is 3.25. The number of amides is 3. The molecule has 0 saturated carbocycles. The highest BCUT2D eigenvalue weighted by Gasteiger charge is 2.33. The average Bonchev–Trinajstić information content (AvgIpc) is 3.26. The van der Waals surface area contributed by atoms with E-state index in [0.717, 1.165) is 29.9 Å². The largest absolute Gasteiger partial charge is 0.444 e. The number of urea groups is 1. The summed E-state index contributed by atoms with van der Waals surface area (Å²) in [5.74, 6) is 0. The first-order valence-corrected chi connectivity index (χ1v) is 11.6. The second kappa shape index (κ2) is 9.68. The van der Waals surface area contributed by atoms with Gasteiger partial charge in [-0.2, -0.15) is 0 Å². The van der Waals surface area contributed by atoms with Gasteiger partial charge in [0.1, 0.15) is 5.60 Å². The van der Waals surface area contributed by atoms with E-state index in [0.29, 0.717) is 32.7 Å². The summed E-state index contributed by atoms with van der Waals surface area (Å²) in [4.78, 5) is 35.9. The average molecular weight is 452 g/mol. The zero-order valence-corrected chi connectivity index (χ0v) is 19.7. The number of carbonyl (C=O) groups excluding carboxylic acids is 2. The lowest BCUT2D eigenvalue weighted by Crippen LogP contribution is -2.51. The fraction of sp³-hybridized carbons (Fsp3) is 0.480. The second-order valence-corrected chi connectivity index (χ2v) is 9.54. The van der Waals surface area contributed by atoms with E-state index in [4.69, 9.17) is 4.74 Å². The molecule has 176 valence electrons. The number of hydrogen-bond acceptors (Lipinski definition) is 5. The second-order valence-electron chi connectivity index (χ2n) is 9.54. The predicted molar refractivity (Wildman–Crippen MR) is 128 cm³/mol. The molecule has 1 aromatic carbocycles. The van der Waals surface area contributed by atoms with Crippen LogP contribution in [-0.4, -0.2) is 59.8 Å². The Labute approximate surface area is 195 Å². The lowest BCUT2D eigenvalue weighted by Gasteiger charge is -2.38. The van der Waals surface area contributed by atoms with Crippen LogP contribution in [0.25, 0.3) is 0 Å². The normalized spacial score (nSPS) is 18.2. The third kappa shape index (κ3) is 5.56. The van der Waals surface area contributed by atoms with Crippen molar-refractivity contribution in [1.82, 2.24) is 15.2 Å². The van der Waals surface area contributed by atoms with Gasteiger partial charge in [-0.25, -0.2) is 9.59 Å². The van der Waals surface area contributed by atoms with Gasteiger partial charge in [-0.05, 0) is 57.9 Å². The number of anilines is 2. The van der Waals surface area contributed by atoms with Crippen LogP contribution >= 0.6 is 0 Å². The van der Waals surface area contributed by atoms with Crippen LogP contribution in [0.2, 0.25) is 0 Å². The molecule has 1 N–H and O–H groups in total. The highest BCUT2D eigenvalue weighted by atomic mass is 16.6. The van der Waals surface area contributed by atoms with Crippen LogP contribution < -0.4 is 15.1 Å². The monoisotopic (exact) mass is 451 g/mol. The minimum atomic E-state index is -0.536. The fourth-order valence-corrected chi connectivity index (χ4v) is 4.39. The smallest absolute Gasteiger partial charge is 0.410 e. The number of ether oxygens (including phenoxy) is 1. The summed E-state index contributed by atoms with van der Waals surface area (Å²) in [5.41, 5.74) is 2.36. The van der Waals surface area contributed by atoms with Crippen molar-refractivity contribution in [2.75, 3.05) is 36.0 Å². The van der Waals surface area contributed by atoms with Crippen molar-refractivity contribution in [3.05, 3.63) is 54.4 Å². The minimum absolute atomic E-state index is 0.0514. The Morgan fingerprint density at radius 2 is 1.82 bits per heavy atom. The lowest BCUT2D eigenvalue weighted by atomic mass is 10.1. The maximum atomic E-state index is 13.1. The molecule has 4 rings (SSSR count). The van der Waals surface area contributed by atoms with Crippen LogP contribution in [0, 0.1) is 0 Å². The molecule has 33 heavy (non-hydrogen) atoms. The van der Waals surface area contributed by atoms with Gasteiger partial charge in [-0.15, -0.1) is 0 Å². The summed E-state index contributed by atoms with van der Waals surface area (Å²) in [6, 6.07) is 13.7. The number of nitrogens with zero attached hydrogens (tertiary/aromatic N) is 4. The van der Waals surface area contributed by atoms with E-state index < -0.39 is 5.60 Å². The predicted octanol–water partition coefficient (Wildman–Crippen LogP) is 4.02. The molecule has 0 unspecified atom stereocenters. The molecule has 2 aliphatic rings. The Balaban J connectivity index is 1.40. The minimum Gasteiger partial charge on any atom is -0.444 e. The van der Waals surface area contributed by atoms with Crippen molar-refractivity contribution in [3.63, 3.8) is 0 Å². The summed E-state index contributed by atoms with van der Waals surface area (Å²) in [7, 11) is 0. The third-order valence-corrected chi connectivity index (χ3v) is 5.92. The molecule has 1 fully saturated rings. The molecule has 1 atom stereocenters. The molecule has 3 heterocycles. The Morgan fingerprint density at radius 1 is 1.06 bits per heavy atom. The van der Waals surface area contributed by atoms with Gasteiger partial charge in [0.25, 0.3) is 0 Å². The van der Waals surface area contributed by atoms with Crippen molar-refractivity contribution in [2.45, 2.75) is 51.8 Å². The summed E-state index contributed by atoms with van der Waals surface area (Å²) in [5, 5.41) is 3.05. The Morgan fingerprint density at radius 3 is 2.55 bits per heavy atom. The van der Waals surface area contributed by atoms with Crippen molar-refractivity contribution in [3.8, 4) is 0 Å². The molecule has 0 bridgehead atoms. The molecular weight excluding hydrogens is 418 g/mol. The molecule has 0 radical (unpaired) electrons. The standard InChI is InChI=1S/C25H33N5O3/c1-25(2,3)33-24(32)29-14-8-10-20(29)17-27-23(31)30-16-15-28(18-19-9-6-7-13-26-19)21-11-4-5-12-22(21)30/h4-7,9,11-13,20H,8,10,14-18H2,1-3H3,(H,27,31)/t20-/m1/s1. The first-order valence-electron chi connectivity index (χ1n) is 11.6. The van der Waals surface area contributed by atoms with Gasteiger partial charge in [0.15, 0.2) is 0 Å². The van der Waals surface area contributed by atoms with E-state index in [9.17, 15) is 9.59 Å². The van der Waals surface area contributed by atoms with E-state index in [1.165, 1.54) is 0 Å². The number of hydrogen-bond donors (Lipinski definition) is 1. The molecule has 0 spiro atoms. The quantitative estimate of drug-likeness (QED) is 0.760. The molecule has 2 aliphatic heterocycles. The first kappa shape index (κ1) is 22.9. The van der Waals surface area contributed by atoms with Crippen molar-refractivity contribution < 1.29 is 14.3 Å². The number of para-hydroxylation sites is 2. The van der Waals surface area contributed by atoms with Gasteiger partial charge in [0.05, 0.1) is 29.7 Å². The van der Waals surface area contributed by atoms with Gasteiger partial charge in [0.2, 0.25) is 0 Å². The molecule has 2 aromatic rings. The van der Waals surface area contributed by atoms with Gasteiger partial charge in [-0.1, -0.05) is 18.2 Å². The Hall–Kier alpha value is -3.29. The van der Waals surface area contributed by atoms with Gasteiger partial charge >= 0.3 is 12.1 Å². The van der Waals surface area contributed by atoms with Crippen LogP contribution in [-0.2, 0) is 11.3 Å². The van der Waals surface area contributed by atoms with Gasteiger partial charge < -0.3 is 19.9 Å². The number of likely N-dealkylation sites (tertiary alicyclic amines) is 1. The molecule has 1 saturated heterocycles. The molecule has 0 aliphatic carbocycles. The number of rotatable bonds is 4. The zero-order chi connectivity index (χ0) is 23.4. The number of aromatic nitrogens is 1. The van der Waals surface area contributed by atoms with Gasteiger partial charge in [-0.3, -0.25) is 9.88 Å². The van der Waals surface area contributed by atoms with E-state index in [-0.39, 0.29) is 18.2 Å². The molecule has 8 heteroatoms. The summed E-state index contributed by atoms with van der Waals surface area (Å²) >= 11 is 0. The van der Waals surface area contributed by atoms with Crippen LogP contribution in [0.1, 0.15) is 39.3 Å². The van der Waals surface area contributed by atoms with E-state index in [2.05, 4.69) is 15.2 Å². The Kier molecular flexibility index (Phi) is 6.72. The van der Waals surface area contributed by atoms with E-state index >= 15 is 0 Å². The highest BCUT2D eigenvalue weighted by molar-refractivity contribution is 5.96. The maximum Gasteiger partial charge on any atom is 0.410 e. The number of pyridine rings is 1. The number of nitrogens with one attached hydrogen (secondary N) is 1. The maximum absolute atomic E-state index is 13.1. The third-order valence-electron chi connectivity index (χ3n) is 5.92. The fourth-order valence-electron chi connectivity index (χ4n) is 4.39. The highest BCUT2D eigenvalue weighted by Crippen LogP contribution is 2.33. The molecule has 8 nitrogen and oxygen atoms in total. The number of carbonyl (C=O) groups is 2. The number of benzene rings is 1. The van der Waals surface area contributed by atoms with E-state index in [1.807, 2.05) is 63.2 Å². The van der Waals surface area contributed by atoms with E-state index in [1.54, 1.807) is 16.0 Å². The van der Waals surface area contributed by atoms with Crippen LogP contribution in [0.3, 0.4) is 0 Å².